The Morgan fingerprint density at radius 3 is 2.69 bits per heavy atom. The molecule has 3 rings (SSSR count). The maximum Gasteiger partial charge on any atom is 0.268 e. The first-order valence-electron chi connectivity index (χ1n) is 8.15. The molecular weight excluding hydrogens is 346 g/mol. The van der Waals surface area contributed by atoms with Crippen LogP contribution in [0, 0.1) is 23.2 Å². The lowest BCUT2D eigenvalue weighted by molar-refractivity contribution is -0.133. The molecule has 0 saturated carbocycles. The number of amides is 2. The highest BCUT2D eigenvalue weighted by Gasteiger charge is 2.47. The fourth-order valence-corrected chi connectivity index (χ4v) is 3.32. The van der Waals surface area contributed by atoms with Crippen molar-refractivity contribution in [1.29, 1.82) is 5.26 Å². The number of hydrazone groups is 1. The minimum Gasteiger partial charge on any atom is -0.320 e. The van der Waals surface area contributed by atoms with Gasteiger partial charge in [0.25, 0.3) is 5.92 Å². The summed E-state index contributed by atoms with van der Waals surface area (Å²) in [4.78, 5) is 37.2. The van der Waals surface area contributed by atoms with Crippen LogP contribution in [0.4, 0.5) is 8.78 Å². The van der Waals surface area contributed by atoms with Gasteiger partial charge >= 0.3 is 0 Å². The van der Waals surface area contributed by atoms with Gasteiger partial charge in [0.15, 0.2) is 5.78 Å². The predicted octanol–water partition coefficient (Wildman–Crippen LogP) is 0.940. The summed E-state index contributed by atoms with van der Waals surface area (Å²) >= 11 is 0. The van der Waals surface area contributed by atoms with E-state index in [2.05, 4.69) is 10.5 Å². The number of fused-ring (bicyclic) bond motifs is 1. The van der Waals surface area contributed by atoms with E-state index in [1.54, 1.807) is 30.4 Å². The summed E-state index contributed by atoms with van der Waals surface area (Å²) in [6.45, 7) is -0.812. The second-order valence-corrected chi connectivity index (χ2v) is 6.44. The van der Waals surface area contributed by atoms with Crippen molar-refractivity contribution in [2.45, 2.75) is 31.2 Å². The van der Waals surface area contributed by atoms with Gasteiger partial charge in [0, 0.05) is 25.2 Å². The topological polar surface area (TPSA) is 103 Å². The lowest BCUT2D eigenvalue weighted by atomic mass is 9.81. The van der Waals surface area contributed by atoms with Crippen molar-refractivity contribution in [2.24, 2.45) is 16.9 Å². The van der Waals surface area contributed by atoms with Crippen LogP contribution < -0.4 is 5.43 Å². The third kappa shape index (κ3) is 3.40. The molecule has 0 spiro atoms. The van der Waals surface area contributed by atoms with Crippen molar-refractivity contribution in [3.63, 3.8) is 0 Å². The van der Waals surface area contributed by atoms with Gasteiger partial charge in [0.1, 0.15) is 11.8 Å². The molecule has 0 aromatic carbocycles. The van der Waals surface area contributed by atoms with Gasteiger partial charge in [-0.25, -0.2) is 14.2 Å². The van der Waals surface area contributed by atoms with Crippen LogP contribution in [0.2, 0.25) is 0 Å². The van der Waals surface area contributed by atoms with Crippen molar-refractivity contribution in [3.05, 3.63) is 24.3 Å². The molecule has 3 aliphatic rings. The van der Waals surface area contributed by atoms with E-state index in [1.165, 1.54) is 0 Å². The van der Waals surface area contributed by atoms with Crippen LogP contribution in [0.1, 0.15) is 19.3 Å². The average Bonchev–Trinajstić information content (AvgIpc) is 2.95. The molecule has 1 fully saturated rings. The number of halogens is 2. The van der Waals surface area contributed by atoms with Crippen LogP contribution in [0.3, 0.4) is 0 Å². The minimum atomic E-state index is -3.09. The largest absolute Gasteiger partial charge is 0.320 e. The van der Waals surface area contributed by atoms with Gasteiger partial charge in [-0.1, -0.05) is 24.3 Å². The van der Waals surface area contributed by atoms with E-state index in [0.717, 1.165) is 4.90 Å². The first kappa shape index (κ1) is 17.9. The van der Waals surface area contributed by atoms with Crippen molar-refractivity contribution < 1.29 is 23.2 Å². The van der Waals surface area contributed by atoms with Crippen LogP contribution in [0.15, 0.2) is 29.4 Å². The first-order valence-corrected chi connectivity index (χ1v) is 8.15. The lowest BCUT2D eigenvalue weighted by Gasteiger charge is -2.27. The molecule has 26 heavy (non-hydrogen) atoms. The Labute approximate surface area is 148 Å². The van der Waals surface area contributed by atoms with E-state index in [-0.39, 0.29) is 24.5 Å². The second-order valence-electron chi connectivity index (χ2n) is 6.44. The van der Waals surface area contributed by atoms with E-state index >= 15 is 0 Å². The maximum atomic E-state index is 13.4. The van der Waals surface area contributed by atoms with E-state index in [1.807, 2.05) is 0 Å². The summed E-state index contributed by atoms with van der Waals surface area (Å²) in [6, 6.07) is 0.510. The molecule has 0 aromatic rings. The second kappa shape index (κ2) is 6.78. The normalized spacial score (nSPS) is 28.8. The third-order valence-corrected chi connectivity index (χ3v) is 4.63. The van der Waals surface area contributed by atoms with Crippen molar-refractivity contribution in [1.82, 2.24) is 10.3 Å². The lowest BCUT2D eigenvalue weighted by Crippen LogP contribution is -2.44. The Bertz CT molecular complexity index is 781. The molecule has 2 amide bonds. The number of alkyl halides is 2. The summed E-state index contributed by atoms with van der Waals surface area (Å²) in [5.74, 6) is -5.55. The summed E-state index contributed by atoms with van der Waals surface area (Å²) in [6.07, 6.45) is 5.55. The zero-order chi connectivity index (χ0) is 18.9. The molecule has 2 unspecified atom stereocenters. The molecule has 0 bridgehead atoms. The van der Waals surface area contributed by atoms with E-state index in [4.69, 9.17) is 5.26 Å². The van der Waals surface area contributed by atoms with Gasteiger partial charge < -0.3 is 4.90 Å². The van der Waals surface area contributed by atoms with E-state index in [9.17, 15) is 23.2 Å². The number of nitrogens with one attached hydrogen (secondary N) is 1. The van der Waals surface area contributed by atoms with E-state index in [0.29, 0.717) is 0 Å². The Morgan fingerprint density at radius 1 is 1.31 bits per heavy atom. The molecule has 3 atom stereocenters. The van der Waals surface area contributed by atoms with Crippen LogP contribution in [-0.4, -0.2) is 46.7 Å². The molecule has 1 N–H and O–H groups in total. The minimum absolute atomic E-state index is 0.131. The van der Waals surface area contributed by atoms with Crippen molar-refractivity contribution >= 4 is 23.3 Å². The summed E-state index contributed by atoms with van der Waals surface area (Å²) in [5, 5.41) is 12.7. The zero-order valence-electron chi connectivity index (χ0n) is 13.7. The van der Waals surface area contributed by atoms with Gasteiger partial charge in [0.2, 0.25) is 11.8 Å². The molecular formula is C17H16F2N4O3. The Hall–Kier alpha value is -2.89. The Balaban J connectivity index is 1.63. The maximum absolute atomic E-state index is 13.4. The fraction of sp³-hybridized carbons (Fsp3) is 0.471. The summed E-state index contributed by atoms with van der Waals surface area (Å²) in [5.41, 5.74) is 2.42. The van der Waals surface area contributed by atoms with Crippen LogP contribution in [-0.2, 0) is 14.4 Å². The monoisotopic (exact) mass is 362 g/mol. The molecule has 0 aromatic heterocycles. The highest BCUT2D eigenvalue weighted by atomic mass is 19.3. The number of likely N-dealkylation sites (tertiary alicyclic amines) is 1. The average molecular weight is 362 g/mol. The zero-order valence-corrected chi connectivity index (χ0v) is 13.7. The van der Waals surface area contributed by atoms with Gasteiger partial charge in [0.05, 0.1) is 18.5 Å². The predicted molar refractivity (Wildman–Crippen MR) is 85.8 cm³/mol. The number of ketones is 1. The molecule has 136 valence electrons. The number of rotatable bonds is 4. The number of nitrogens with zero attached hydrogens (tertiary/aromatic N) is 3. The number of carbonyl (C=O) groups is 3. The highest BCUT2D eigenvalue weighted by Crippen LogP contribution is 2.32. The standard InChI is InChI=1S/C17H16F2N4O3/c18-17(19)7-10(8-20)23(9-17)14(25)6-5-13(24)15-11-3-1-2-4-12(11)16(26)22-21-15/h1-4,10-12H,5-7,9H2,(H,22,26)/t10-,11?,12?/m0/s1. The molecule has 2 heterocycles. The number of nitriles is 1. The van der Waals surface area contributed by atoms with Crippen molar-refractivity contribution in [3.8, 4) is 6.07 Å². The molecule has 7 nitrogen and oxygen atoms in total. The fourth-order valence-electron chi connectivity index (χ4n) is 3.32. The van der Waals surface area contributed by atoms with Crippen LogP contribution in [0.5, 0.6) is 0 Å². The molecule has 1 saturated heterocycles. The highest BCUT2D eigenvalue weighted by molar-refractivity contribution is 6.42. The Kier molecular flexibility index (Phi) is 4.68. The molecule has 1 aliphatic carbocycles. The van der Waals surface area contributed by atoms with Crippen LogP contribution >= 0.6 is 0 Å². The Morgan fingerprint density at radius 2 is 2.00 bits per heavy atom. The molecule has 9 heteroatoms. The van der Waals surface area contributed by atoms with E-state index < -0.39 is 48.5 Å². The summed E-state index contributed by atoms with van der Waals surface area (Å²) in [7, 11) is 0. The quantitative estimate of drug-likeness (QED) is 0.804. The number of hydrogen-bond acceptors (Lipinski definition) is 5. The SMILES string of the molecule is N#C[C@@H]1CC(F)(F)CN1C(=O)CCC(=O)C1=NNC(=O)C2C=CC=CC12. The van der Waals surface area contributed by atoms with Gasteiger partial charge in [-0.15, -0.1) is 0 Å². The summed E-state index contributed by atoms with van der Waals surface area (Å²) < 4.78 is 26.8. The molecule has 0 radical (unpaired) electrons. The smallest absolute Gasteiger partial charge is 0.268 e. The number of Topliss-reactive ketones (excluding diaryl/α,β-unsaturated/α-hetero) is 1. The third-order valence-electron chi connectivity index (χ3n) is 4.63. The van der Waals surface area contributed by atoms with Crippen molar-refractivity contribution in [2.75, 3.05) is 6.54 Å². The van der Waals surface area contributed by atoms with Crippen LogP contribution in [0.25, 0.3) is 0 Å². The first-order chi connectivity index (χ1) is 12.3. The van der Waals surface area contributed by atoms with Gasteiger partial charge in [-0.3, -0.25) is 14.4 Å². The van der Waals surface area contributed by atoms with Gasteiger partial charge in [-0.05, 0) is 0 Å². The number of allylic oxidation sites excluding steroid dienone is 3. The van der Waals surface area contributed by atoms with Gasteiger partial charge in [-0.2, -0.15) is 10.4 Å². The number of carbonyl (C=O) groups excluding carboxylic acids is 3. The number of hydrogen-bond donors (Lipinski definition) is 1. The molecule has 2 aliphatic heterocycles.